The monoisotopic (exact) mass is 517 g/mol. The number of hydrogen-bond donors (Lipinski definition) is 0. The third kappa shape index (κ3) is 3.34. The van der Waals surface area contributed by atoms with E-state index in [-0.39, 0.29) is 0 Å². The lowest BCUT2D eigenvalue weighted by Crippen LogP contribution is -2.24. The summed E-state index contributed by atoms with van der Waals surface area (Å²) in [4.78, 5) is 5.48. The first-order valence-corrected chi connectivity index (χ1v) is 13.5. The average Bonchev–Trinajstić information content (AvgIpc) is 3.64. The molecule has 0 radical (unpaired) electrons. The molecule has 0 N–H and O–H groups in total. The van der Waals surface area contributed by atoms with Crippen molar-refractivity contribution in [2.24, 2.45) is 7.05 Å². The second-order valence-electron chi connectivity index (χ2n) is 10.7. The molecule has 8 rings (SSSR count). The number of rotatable bonds is 3. The Bertz CT molecular complexity index is 2250. The Hall–Kier alpha value is -5.16. The van der Waals surface area contributed by atoms with E-state index in [0.29, 0.717) is 0 Å². The van der Waals surface area contributed by atoms with E-state index >= 15 is 0 Å². The molecule has 0 fully saturated rings. The van der Waals surface area contributed by atoms with E-state index in [1.807, 2.05) is 28.6 Å². The largest absolute Gasteiger partial charge is 0.326 e. The van der Waals surface area contributed by atoms with E-state index in [0.717, 1.165) is 44.8 Å². The van der Waals surface area contributed by atoms with Crippen molar-refractivity contribution in [3.05, 3.63) is 127 Å². The van der Waals surface area contributed by atoms with Gasteiger partial charge in [-0.15, -0.1) is 0 Å². The van der Waals surface area contributed by atoms with E-state index in [1.54, 1.807) is 0 Å². The van der Waals surface area contributed by atoms with Crippen LogP contribution in [0.25, 0.3) is 60.9 Å². The second kappa shape index (κ2) is 8.42. The number of fused-ring (bicyclic) bond motifs is 6. The number of benzene rings is 4. The Morgan fingerprint density at radius 3 is 1.82 bits per heavy atom. The summed E-state index contributed by atoms with van der Waals surface area (Å²) in [5.41, 5.74) is 9.91. The summed E-state index contributed by atoms with van der Waals surface area (Å²) >= 11 is 0. The number of imidazole rings is 1. The highest BCUT2D eigenvalue weighted by molar-refractivity contribution is 6.16. The summed E-state index contributed by atoms with van der Waals surface area (Å²) in [6.45, 7) is 4.31. The molecule has 0 saturated carbocycles. The topological polar surface area (TPSA) is 31.6 Å². The van der Waals surface area contributed by atoms with E-state index in [1.165, 1.54) is 27.3 Å². The first-order chi connectivity index (χ1) is 19.5. The minimum atomic E-state index is 0.948. The van der Waals surface area contributed by atoms with Crippen LogP contribution < -0.4 is 4.57 Å². The molecule has 5 heteroatoms. The first-order valence-electron chi connectivity index (χ1n) is 13.5. The summed E-state index contributed by atoms with van der Waals surface area (Å²) in [5.74, 6) is 0. The summed E-state index contributed by atoms with van der Waals surface area (Å²) in [5, 5.41) is 4.75. The summed E-state index contributed by atoms with van der Waals surface area (Å²) in [7, 11) is 1.98. The minimum absolute atomic E-state index is 0.948. The van der Waals surface area contributed by atoms with Gasteiger partial charge in [-0.3, -0.25) is 9.13 Å². The standard InChI is InChI=1S/C35H27N5/c1-23-12-14-32-28(18-23)30-21-31-29-19-24(2)13-15-33(29)40(27-11-7-10-26(20-27)38-17-16-37(3)22-38)35(31)36-34(30)39(32)25-8-5-4-6-9-25/h4-21H,1-3H3. The van der Waals surface area contributed by atoms with Gasteiger partial charge in [0.25, 0.3) is 0 Å². The van der Waals surface area contributed by atoms with Crippen LogP contribution >= 0.6 is 0 Å². The molecule has 0 saturated heterocycles. The van der Waals surface area contributed by atoms with Crippen molar-refractivity contribution in [3.8, 4) is 17.1 Å². The average molecular weight is 518 g/mol. The quantitative estimate of drug-likeness (QED) is 0.179. The molecule has 5 nitrogen and oxygen atoms in total. The van der Waals surface area contributed by atoms with Crippen LogP contribution in [0.5, 0.6) is 0 Å². The molecule has 192 valence electrons. The molecule has 0 spiro atoms. The van der Waals surface area contributed by atoms with Gasteiger partial charge in [0, 0.05) is 45.3 Å². The summed E-state index contributed by atoms with van der Waals surface area (Å²) in [6, 6.07) is 34.8. The smallest absolute Gasteiger partial charge is 0.243 e. The second-order valence-corrected chi connectivity index (χ2v) is 10.7. The molecule has 4 heterocycles. The van der Waals surface area contributed by atoms with E-state index < -0.39 is 0 Å². The maximum absolute atomic E-state index is 5.48. The lowest BCUT2D eigenvalue weighted by Gasteiger charge is -2.11. The van der Waals surface area contributed by atoms with Crippen LogP contribution in [0.3, 0.4) is 0 Å². The molecule has 0 unspecified atom stereocenters. The number of para-hydroxylation sites is 1. The van der Waals surface area contributed by atoms with Gasteiger partial charge in [-0.1, -0.05) is 53.6 Å². The SMILES string of the molecule is Cc1ccc2c(c1)c1cc3c4cc(C)ccc4n(-c4cccc(-n5[c-][n+](C)cc5)c4)c3nc1n2-c1ccccc1. The maximum Gasteiger partial charge on any atom is 0.243 e. The fourth-order valence-electron chi connectivity index (χ4n) is 6.01. The van der Waals surface area contributed by atoms with Crippen molar-refractivity contribution >= 4 is 43.9 Å². The molecule has 0 aliphatic carbocycles. The number of aryl methyl sites for hydroxylation is 3. The molecule has 0 amide bonds. The summed E-state index contributed by atoms with van der Waals surface area (Å²) < 4.78 is 8.54. The molecule has 0 aliphatic rings. The van der Waals surface area contributed by atoms with E-state index in [4.69, 9.17) is 4.98 Å². The Morgan fingerprint density at radius 1 is 0.600 bits per heavy atom. The molecule has 4 aromatic carbocycles. The Kier molecular flexibility index (Phi) is 4.80. The predicted molar refractivity (Wildman–Crippen MR) is 162 cm³/mol. The van der Waals surface area contributed by atoms with Gasteiger partial charge < -0.3 is 9.13 Å². The molecule has 0 bridgehead atoms. The normalized spacial score (nSPS) is 11.9. The lowest BCUT2D eigenvalue weighted by molar-refractivity contribution is -0.674. The van der Waals surface area contributed by atoms with Crippen LogP contribution in [0.4, 0.5) is 0 Å². The molecule has 8 aromatic rings. The van der Waals surface area contributed by atoms with Crippen LogP contribution in [0.15, 0.2) is 109 Å². The fraction of sp³-hybridized carbons (Fsp3) is 0.0857. The maximum atomic E-state index is 5.48. The van der Waals surface area contributed by atoms with E-state index in [2.05, 4.69) is 126 Å². The molecule has 4 aromatic heterocycles. The van der Waals surface area contributed by atoms with Crippen molar-refractivity contribution < 1.29 is 4.57 Å². The molecule has 40 heavy (non-hydrogen) atoms. The Morgan fingerprint density at radius 2 is 1.20 bits per heavy atom. The number of aromatic nitrogens is 5. The highest BCUT2D eigenvalue weighted by Crippen LogP contribution is 2.38. The van der Waals surface area contributed by atoms with Gasteiger partial charge in [-0.2, -0.15) is 0 Å². The Balaban J connectivity index is 1.51. The van der Waals surface area contributed by atoms with Crippen LogP contribution in [-0.2, 0) is 7.05 Å². The van der Waals surface area contributed by atoms with Gasteiger partial charge in [0.05, 0.1) is 23.8 Å². The van der Waals surface area contributed by atoms with Gasteiger partial charge in [-0.05, 0) is 68.4 Å². The highest BCUT2D eigenvalue weighted by atomic mass is 15.1. The van der Waals surface area contributed by atoms with E-state index in [9.17, 15) is 0 Å². The van der Waals surface area contributed by atoms with Crippen molar-refractivity contribution in [2.45, 2.75) is 13.8 Å². The van der Waals surface area contributed by atoms with Gasteiger partial charge in [0.2, 0.25) is 6.33 Å². The van der Waals surface area contributed by atoms with Crippen molar-refractivity contribution in [1.82, 2.24) is 18.7 Å². The van der Waals surface area contributed by atoms with Gasteiger partial charge in [0.1, 0.15) is 11.3 Å². The molecular weight excluding hydrogens is 490 g/mol. The van der Waals surface area contributed by atoms with Crippen LogP contribution in [-0.4, -0.2) is 18.7 Å². The molecule has 0 atom stereocenters. The Labute approximate surface area is 231 Å². The van der Waals surface area contributed by atoms with Crippen molar-refractivity contribution in [3.63, 3.8) is 0 Å². The van der Waals surface area contributed by atoms with Gasteiger partial charge in [0.15, 0.2) is 0 Å². The zero-order valence-electron chi connectivity index (χ0n) is 22.6. The lowest BCUT2D eigenvalue weighted by atomic mass is 10.1. The minimum Gasteiger partial charge on any atom is -0.326 e. The van der Waals surface area contributed by atoms with Crippen molar-refractivity contribution in [2.75, 3.05) is 0 Å². The fourth-order valence-corrected chi connectivity index (χ4v) is 6.01. The number of nitrogens with zero attached hydrogens (tertiary/aromatic N) is 5. The van der Waals surface area contributed by atoms with Gasteiger partial charge in [-0.25, -0.2) is 4.98 Å². The summed E-state index contributed by atoms with van der Waals surface area (Å²) in [6.07, 6.45) is 7.34. The van der Waals surface area contributed by atoms with Crippen LogP contribution in [0.1, 0.15) is 11.1 Å². The third-order valence-corrected chi connectivity index (χ3v) is 7.86. The zero-order valence-corrected chi connectivity index (χ0v) is 22.6. The van der Waals surface area contributed by atoms with Crippen molar-refractivity contribution in [1.29, 1.82) is 0 Å². The first kappa shape index (κ1) is 22.8. The van der Waals surface area contributed by atoms with Crippen LogP contribution in [0.2, 0.25) is 0 Å². The predicted octanol–water partition coefficient (Wildman–Crippen LogP) is 7.31. The van der Waals surface area contributed by atoms with Gasteiger partial charge >= 0.3 is 0 Å². The highest BCUT2D eigenvalue weighted by Gasteiger charge is 2.20. The van der Waals surface area contributed by atoms with Crippen LogP contribution in [0, 0.1) is 20.2 Å². The number of hydrogen-bond acceptors (Lipinski definition) is 1. The zero-order chi connectivity index (χ0) is 27.0. The number of pyridine rings is 1. The molecular formula is C35H27N5. The molecule has 0 aliphatic heterocycles. The third-order valence-electron chi connectivity index (χ3n) is 7.86.